The van der Waals surface area contributed by atoms with Crippen LogP contribution in [-0.4, -0.2) is 12.1 Å². The average molecular weight is 123 g/mol. The molecule has 0 aromatic carbocycles. The van der Waals surface area contributed by atoms with Gasteiger partial charge >= 0.3 is 0 Å². The summed E-state index contributed by atoms with van der Waals surface area (Å²) in [5, 5.41) is 3.52. The van der Waals surface area contributed by atoms with Gasteiger partial charge in [-0.15, -0.1) is 6.58 Å². The highest BCUT2D eigenvalue weighted by Crippen LogP contribution is 2.35. The SMILES string of the molecule is C=C[C@H]1N[C@@H]2CC[C@H]1C2. The van der Waals surface area contributed by atoms with Gasteiger partial charge in [-0.05, 0) is 25.2 Å². The Bertz CT molecular complexity index is 131. The summed E-state index contributed by atoms with van der Waals surface area (Å²) in [5.41, 5.74) is 0. The lowest BCUT2D eigenvalue weighted by Crippen LogP contribution is -2.33. The van der Waals surface area contributed by atoms with Crippen molar-refractivity contribution in [2.45, 2.75) is 31.3 Å². The molecular weight excluding hydrogens is 110 g/mol. The molecule has 0 unspecified atom stereocenters. The van der Waals surface area contributed by atoms with Crippen molar-refractivity contribution in [3.8, 4) is 0 Å². The van der Waals surface area contributed by atoms with E-state index in [4.69, 9.17) is 0 Å². The Morgan fingerprint density at radius 3 is 2.67 bits per heavy atom. The van der Waals surface area contributed by atoms with Gasteiger partial charge in [-0.1, -0.05) is 6.08 Å². The van der Waals surface area contributed by atoms with Crippen molar-refractivity contribution in [1.82, 2.24) is 5.32 Å². The first-order valence-corrected chi connectivity index (χ1v) is 3.79. The third-order valence-corrected chi connectivity index (χ3v) is 2.66. The molecule has 1 aliphatic heterocycles. The molecule has 1 saturated heterocycles. The molecular formula is C8H13N. The summed E-state index contributed by atoms with van der Waals surface area (Å²) < 4.78 is 0. The summed E-state index contributed by atoms with van der Waals surface area (Å²) in [6.45, 7) is 3.80. The van der Waals surface area contributed by atoms with E-state index >= 15 is 0 Å². The van der Waals surface area contributed by atoms with Crippen LogP contribution in [0.1, 0.15) is 19.3 Å². The Kier molecular flexibility index (Phi) is 1.12. The molecule has 0 amide bonds. The highest BCUT2D eigenvalue weighted by molar-refractivity contribution is 5.03. The first kappa shape index (κ1) is 5.48. The number of piperidine rings is 1. The van der Waals surface area contributed by atoms with Gasteiger partial charge in [-0.2, -0.15) is 0 Å². The van der Waals surface area contributed by atoms with E-state index in [9.17, 15) is 0 Å². The van der Waals surface area contributed by atoms with Crippen LogP contribution < -0.4 is 5.32 Å². The van der Waals surface area contributed by atoms with E-state index in [1.807, 2.05) is 0 Å². The van der Waals surface area contributed by atoms with Crippen LogP contribution in [0, 0.1) is 5.92 Å². The molecule has 1 saturated carbocycles. The lowest BCUT2D eigenvalue weighted by atomic mass is 10.0. The third-order valence-electron chi connectivity index (χ3n) is 2.66. The van der Waals surface area contributed by atoms with Gasteiger partial charge in [0.15, 0.2) is 0 Å². The Balaban J connectivity index is 2.09. The minimum Gasteiger partial charge on any atom is -0.307 e. The van der Waals surface area contributed by atoms with Crippen molar-refractivity contribution < 1.29 is 0 Å². The van der Waals surface area contributed by atoms with E-state index < -0.39 is 0 Å². The topological polar surface area (TPSA) is 12.0 Å². The minimum atomic E-state index is 0.642. The van der Waals surface area contributed by atoms with Gasteiger partial charge in [0.2, 0.25) is 0 Å². The summed E-state index contributed by atoms with van der Waals surface area (Å²) in [7, 11) is 0. The first-order valence-electron chi connectivity index (χ1n) is 3.79. The van der Waals surface area contributed by atoms with Gasteiger partial charge in [0.1, 0.15) is 0 Å². The zero-order valence-corrected chi connectivity index (χ0v) is 5.64. The van der Waals surface area contributed by atoms with Crippen LogP contribution in [0.25, 0.3) is 0 Å². The number of hydrogen-bond donors (Lipinski definition) is 1. The normalized spacial score (nSPS) is 47.8. The average Bonchev–Trinajstić information content (AvgIpc) is 2.45. The Labute approximate surface area is 56.1 Å². The fourth-order valence-corrected chi connectivity index (χ4v) is 2.16. The van der Waals surface area contributed by atoms with Crippen molar-refractivity contribution in [2.75, 3.05) is 0 Å². The monoisotopic (exact) mass is 123 g/mol. The van der Waals surface area contributed by atoms with E-state index in [1.165, 1.54) is 19.3 Å². The molecule has 2 rings (SSSR count). The summed E-state index contributed by atoms with van der Waals surface area (Å²) in [6, 6.07) is 1.47. The second kappa shape index (κ2) is 1.84. The summed E-state index contributed by atoms with van der Waals surface area (Å²) >= 11 is 0. The van der Waals surface area contributed by atoms with Crippen LogP contribution in [0.2, 0.25) is 0 Å². The van der Waals surface area contributed by atoms with Crippen LogP contribution in [0.4, 0.5) is 0 Å². The number of hydrogen-bond acceptors (Lipinski definition) is 1. The van der Waals surface area contributed by atoms with Crippen LogP contribution in [-0.2, 0) is 0 Å². The highest BCUT2D eigenvalue weighted by Gasteiger charge is 2.36. The van der Waals surface area contributed by atoms with Crippen molar-refractivity contribution >= 4 is 0 Å². The second-order valence-corrected chi connectivity index (χ2v) is 3.20. The first-order chi connectivity index (χ1) is 4.40. The minimum absolute atomic E-state index is 0.642. The van der Waals surface area contributed by atoms with E-state index in [2.05, 4.69) is 18.0 Å². The van der Waals surface area contributed by atoms with Crippen LogP contribution >= 0.6 is 0 Å². The van der Waals surface area contributed by atoms with Gasteiger partial charge in [0, 0.05) is 12.1 Å². The van der Waals surface area contributed by atoms with E-state index in [1.54, 1.807) is 0 Å². The summed E-state index contributed by atoms with van der Waals surface area (Å²) in [5.74, 6) is 0.924. The van der Waals surface area contributed by atoms with E-state index in [0.717, 1.165) is 12.0 Å². The standard InChI is InChI=1S/C8H13N/c1-2-8-6-3-4-7(5-6)9-8/h2,6-9H,1,3-5H2/t6-,7+,8+/m0/s1. The van der Waals surface area contributed by atoms with Gasteiger partial charge in [-0.3, -0.25) is 0 Å². The molecule has 50 valence electrons. The fraction of sp³-hybridized carbons (Fsp3) is 0.750. The van der Waals surface area contributed by atoms with Gasteiger partial charge in [0.05, 0.1) is 0 Å². The molecule has 0 aromatic rings. The third kappa shape index (κ3) is 0.715. The maximum Gasteiger partial charge on any atom is 0.0278 e. The molecule has 1 aliphatic carbocycles. The molecule has 9 heavy (non-hydrogen) atoms. The van der Waals surface area contributed by atoms with Crippen molar-refractivity contribution in [3.63, 3.8) is 0 Å². The van der Waals surface area contributed by atoms with Crippen LogP contribution in [0.15, 0.2) is 12.7 Å². The van der Waals surface area contributed by atoms with Gasteiger partial charge in [-0.25, -0.2) is 0 Å². The molecule has 2 aliphatic rings. The summed E-state index contributed by atoms with van der Waals surface area (Å²) in [4.78, 5) is 0. The van der Waals surface area contributed by atoms with Gasteiger partial charge < -0.3 is 5.32 Å². The molecule has 3 atom stereocenters. The smallest absolute Gasteiger partial charge is 0.0278 e. The molecule has 0 aromatic heterocycles. The molecule has 1 N–H and O–H groups in total. The maximum absolute atomic E-state index is 3.80. The van der Waals surface area contributed by atoms with Crippen LogP contribution in [0.5, 0.6) is 0 Å². The molecule has 2 fully saturated rings. The van der Waals surface area contributed by atoms with Crippen molar-refractivity contribution in [3.05, 3.63) is 12.7 Å². The number of rotatable bonds is 1. The molecule has 1 heteroatoms. The molecule has 1 nitrogen and oxygen atoms in total. The Morgan fingerprint density at radius 2 is 2.33 bits per heavy atom. The predicted molar refractivity (Wildman–Crippen MR) is 38.2 cm³/mol. The molecule has 0 spiro atoms. The van der Waals surface area contributed by atoms with E-state index in [-0.39, 0.29) is 0 Å². The van der Waals surface area contributed by atoms with Crippen LogP contribution in [0.3, 0.4) is 0 Å². The number of nitrogens with one attached hydrogen (secondary N) is 1. The lowest BCUT2D eigenvalue weighted by molar-refractivity contribution is 0.436. The predicted octanol–water partition coefficient (Wildman–Crippen LogP) is 1.31. The largest absolute Gasteiger partial charge is 0.307 e. The molecule has 2 bridgehead atoms. The lowest BCUT2D eigenvalue weighted by Gasteiger charge is -2.18. The molecule has 1 heterocycles. The Hall–Kier alpha value is -0.300. The quantitative estimate of drug-likeness (QED) is 0.518. The maximum atomic E-state index is 3.80. The van der Waals surface area contributed by atoms with Crippen molar-refractivity contribution in [1.29, 1.82) is 0 Å². The fourth-order valence-electron chi connectivity index (χ4n) is 2.16. The number of fused-ring (bicyclic) bond motifs is 2. The summed E-state index contributed by atoms with van der Waals surface area (Å²) in [6.07, 6.45) is 6.28. The molecule has 0 radical (unpaired) electrons. The second-order valence-electron chi connectivity index (χ2n) is 3.20. The zero-order valence-electron chi connectivity index (χ0n) is 5.64. The highest BCUT2D eigenvalue weighted by atomic mass is 15.0. The Morgan fingerprint density at radius 1 is 1.44 bits per heavy atom. The van der Waals surface area contributed by atoms with Gasteiger partial charge in [0.25, 0.3) is 0 Å². The zero-order chi connectivity index (χ0) is 6.27. The van der Waals surface area contributed by atoms with E-state index in [0.29, 0.717) is 6.04 Å². The van der Waals surface area contributed by atoms with Crippen molar-refractivity contribution in [2.24, 2.45) is 5.92 Å².